The predicted molar refractivity (Wildman–Crippen MR) is 104 cm³/mol. The summed E-state index contributed by atoms with van der Waals surface area (Å²) in [5.74, 6) is 0. The van der Waals surface area contributed by atoms with Crippen molar-refractivity contribution in [2.45, 2.75) is 40.0 Å². The summed E-state index contributed by atoms with van der Waals surface area (Å²) in [6.07, 6.45) is 0. The zero-order valence-corrected chi connectivity index (χ0v) is 15.2. The lowest BCUT2D eigenvalue weighted by Crippen LogP contribution is -2.15. The van der Waals surface area contributed by atoms with Gasteiger partial charge in [0.05, 0.1) is 0 Å². The van der Waals surface area contributed by atoms with E-state index in [9.17, 15) is 0 Å². The van der Waals surface area contributed by atoms with E-state index in [-0.39, 0.29) is 5.41 Å². The highest BCUT2D eigenvalue weighted by Gasteiger charge is 2.36. The molecule has 0 bridgehead atoms. The Balaban J connectivity index is 1.98. The van der Waals surface area contributed by atoms with Crippen molar-refractivity contribution in [2.24, 2.45) is 0 Å². The van der Waals surface area contributed by atoms with E-state index in [1.165, 1.54) is 50.1 Å². The lowest BCUT2D eigenvalue weighted by molar-refractivity contribution is 0.659. The van der Waals surface area contributed by atoms with Crippen molar-refractivity contribution in [2.75, 3.05) is 0 Å². The van der Waals surface area contributed by atoms with E-state index in [0.717, 1.165) is 0 Å². The van der Waals surface area contributed by atoms with Gasteiger partial charge in [-0.2, -0.15) is 0 Å². The molecular formula is C24H24. The van der Waals surface area contributed by atoms with Crippen molar-refractivity contribution >= 4 is 0 Å². The van der Waals surface area contributed by atoms with E-state index in [1.54, 1.807) is 0 Å². The zero-order valence-electron chi connectivity index (χ0n) is 15.2. The normalized spacial score (nSPS) is 14.4. The van der Waals surface area contributed by atoms with Crippen molar-refractivity contribution in [3.8, 4) is 22.3 Å². The molecule has 0 N–H and O–H groups in total. The maximum absolute atomic E-state index is 2.39. The van der Waals surface area contributed by atoms with Crippen molar-refractivity contribution in [1.82, 2.24) is 0 Å². The first-order valence-electron chi connectivity index (χ1n) is 8.71. The van der Waals surface area contributed by atoms with Gasteiger partial charge in [-0.3, -0.25) is 0 Å². The summed E-state index contributed by atoms with van der Waals surface area (Å²) < 4.78 is 0. The van der Waals surface area contributed by atoms with Crippen LogP contribution in [0.4, 0.5) is 0 Å². The molecule has 0 radical (unpaired) electrons. The van der Waals surface area contributed by atoms with Gasteiger partial charge in [-0.25, -0.2) is 0 Å². The SMILES string of the molecule is Cc1cccc(-c2ccc3c(c2)-c2c(C)cc(C)cc2C3(C)C)c1. The maximum Gasteiger partial charge on any atom is 0.0159 e. The quantitative estimate of drug-likeness (QED) is 0.476. The van der Waals surface area contributed by atoms with Gasteiger partial charge < -0.3 is 0 Å². The van der Waals surface area contributed by atoms with E-state index >= 15 is 0 Å². The third kappa shape index (κ3) is 2.13. The number of benzene rings is 3. The summed E-state index contributed by atoms with van der Waals surface area (Å²) in [5, 5.41) is 0. The van der Waals surface area contributed by atoms with Gasteiger partial charge in [-0.1, -0.05) is 73.5 Å². The van der Waals surface area contributed by atoms with E-state index in [1.807, 2.05) is 0 Å². The largest absolute Gasteiger partial charge is 0.0614 e. The molecular weight excluding hydrogens is 288 g/mol. The fourth-order valence-corrected chi connectivity index (χ4v) is 4.26. The molecule has 0 aliphatic heterocycles. The molecule has 0 atom stereocenters. The van der Waals surface area contributed by atoms with Crippen LogP contribution in [0.1, 0.15) is 41.7 Å². The Labute approximate surface area is 145 Å². The lowest BCUT2D eigenvalue weighted by atomic mass is 9.81. The maximum atomic E-state index is 2.39. The Morgan fingerprint density at radius 1 is 0.667 bits per heavy atom. The summed E-state index contributed by atoms with van der Waals surface area (Å²) in [7, 11) is 0. The first-order valence-corrected chi connectivity index (χ1v) is 8.71. The van der Waals surface area contributed by atoms with Gasteiger partial charge in [0, 0.05) is 5.41 Å². The van der Waals surface area contributed by atoms with Crippen molar-refractivity contribution in [3.63, 3.8) is 0 Å². The average Bonchev–Trinajstić information content (AvgIpc) is 2.75. The minimum atomic E-state index is 0.0760. The van der Waals surface area contributed by atoms with Gasteiger partial charge >= 0.3 is 0 Å². The predicted octanol–water partition coefficient (Wildman–Crippen LogP) is 6.59. The fraction of sp³-hybridized carbons (Fsp3) is 0.250. The monoisotopic (exact) mass is 312 g/mol. The second-order valence-electron chi connectivity index (χ2n) is 7.76. The molecule has 0 unspecified atom stereocenters. The second kappa shape index (κ2) is 5.08. The standard InChI is InChI=1S/C24H24/c1-15-7-6-8-18(12-15)19-9-10-21-20(14-19)23-17(3)11-16(2)13-22(23)24(21,4)5/h6-14H,1-5H3. The molecule has 0 nitrogen and oxygen atoms in total. The van der Waals surface area contributed by atoms with Crippen LogP contribution in [0.25, 0.3) is 22.3 Å². The topological polar surface area (TPSA) is 0 Å². The van der Waals surface area contributed by atoms with Crippen LogP contribution in [-0.2, 0) is 5.41 Å². The van der Waals surface area contributed by atoms with Crippen LogP contribution in [0, 0.1) is 20.8 Å². The number of fused-ring (bicyclic) bond motifs is 3. The number of rotatable bonds is 1. The third-order valence-corrected chi connectivity index (χ3v) is 5.47. The molecule has 1 aliphatic rings. The van der Waals surface area contributed by atoms with Crippen LogP contribution in [0.2, 0.25) is 0 Å². The van der Waals surface area contributed by atoms with E-state index in [2.05, 4.69) is 89.2 Å². The summed E-state index contributed by atoms with van der Waals surface area (Å²) >= 11 is 0. The first-order chi connectivity index (χ1) is 11.4. The minimum absolute atomic E-state index is 0.0760. The molecule has 3 aromatic carbocycles. The van der Waals surface area contributed by atoms with Crippen molar-refractivity contribution in [1.29, 1.82) is 0 Å². The van der Waals surface area contributed by atoms with Crippen LogP contribution in [0.15, 0.2) is 54.6 Å². The lowest BCUT2D eigenvalue weighted by Gasteiger charge is -2.22. The van der Waals surface area contributed by atoms with Crippen LogP contribution in [-0.4, -0.2) is 0 Å². The average molecular weight is 312 g/mol. The Hall–Kier alpha value is -2.34. The molecule has 0 heteroatoms. The van der Waals surface area contributed by atoms with E-state index in [0.29, 0.717) is 0 Å². The van der Waals surface area contributed by atoms with Gasteiger partial charge in [0.1, 0.15) is 0 Å². The highest BCUT2D eigenvalue weighted by Crippen LogP contribution is 2.51. The van der Waals surface area contributed by atoms with Crippen LogP contribution < -0.4 is 0 Å². The van der Waals surface area contributed by atoms with Crippen LogP contribution in [0.3, 0.4) is 0 Å². The highest BCUT2D eigenvalue weighted by molar-refractivity contribution is 5.86. The first kappa shape index (κ1) is 15.2. The number of hydrogen-bond acceptors (Lipinski definition) is 0. The Morgan fingerprint density at radius 2 is 1.42 bits per heavy atom. The molecule has 3 aromatic rings. The molecule has 24 heavy (non-hydrogen) atoms. The summed E-state index contributed by atoms with van der Waals surface area (Å²) in [4.78, 5) is 0. The summed E-state index contributed by atoms with van der Waals surface area (Å²) in [5.41, 5.74) is 12.5. The Bertz CT molecular complexity index is 958. The minimum Gasteiger partial charge on any atom is -0.0614 e. The highest BCUT2D eigenvalue weighted by atomic mass is 14.4. The van der Waals surface area contributed by atoms with Gasteiger partial charge in [-0.15, -0.1) is 0 Å². The molecule has 0 fully saturated rings. The van der Waals surface area contributed by atoms with Gasteiger partial charge in [0.2, 0.25) is 0 Å². The van der Waals surface area contributed by atoms with Gasteiger partial charge in [0.25, 0.3) is 0 Å². The summed E-state index contributed by atoms with van der Waals surface area (Å²) in [6, 6.07) is 20.5. The van der Waals surface area contributed by atoms with Crippen molar-refractivity contribution in [3.05, 3.63) is 82.4 Å². The Morgan fingerprint density at radius 3 is 2.17 bits per heavy atom. The second-order valence-corrected chi connectivity index (χ2v) is 7.76. The van der Waals surface area contributed by atoms with E-state index < -0.39 is 0 Å². The molecule has 0 saturated carbocycles. The van der Waals surface area contributed by atoms with Gasteiger partial charge in [-0.05, 0) is 65.8 Å². The Kier molecular flexibility index (Phi) is 3.22. The molecule has 0 heterocycles. The van der Waals surface area contributed by atoms with Crippen LogP contribution in [0.5, 0.6) is 0 Å². The molecule has 4 rings (SSSR count). The molecule has 0 amide bonds. The van der Waals surface area contributed by atoms with Crippen LogP contribution >= 0.6 is 0 Å². The smallest absolute Gasteiger partial charge is 0.0159 e. The molecule has 0 aromatic heterocycles. The molecule has 0 spiro atoms. The zero-order chi connectivity index (χ0) is 17.1. The molecule has 1 aliphatic carbocycles. The van der Waals surface area contributed by atoms with E-state index in [4.69, 9.17) is 0 Å². The fourth-order valence-electron chi connectivity index (χ4n) is 4.26. The number of hydrogen-bond donors (Lipinski definition) is 0. The third-order valence-electron chi connectivity index (χ3n) is 5.47. The number of aryl methyl sites for hydroxylation is 3. The summed E-state index contributed by atoms with van der Waals surface area (Å²) in [6.45, 7) is 11.3. The van der Waals surface area contributed by atoms with Crippen molar-refractivity contribution < 1.29 is 0 Å². The molecule has 120 valence electrons. The molecule has 0 saturated heterocycles. The van der Waals surface area contributed by atoms with Gasteiger partial charge in [0.15, 0.2) is 0 Å².